The summed E-state index contributed by atoms with van der Waals surface area (Å²) in [6.45, 7) is 0.0372. The summed E-state index contributed by atoms with van der Waals surface area (Å²) < 4.78 is 12.3. The van der Waals surface area contributed by atoms with Gasteiger partial charge in [-0.15, -0.1) is 0 Å². The predicted molar refractivity (Wildman–Crippen MR) is 148 cm³/mol. The van der Waals surface area contributed by atoms with Gasteiger partial charge in [-0.25, -0.2) is 0 Å². The lowest BCUT2D eigenvalue weighted by Gasteiger charge is -2.38. The Labute approximate surface area is 237 Å². The Morgan fingerprint density at radius 1 is 1.00 bits per heavy atom. The Hall–Kier alpha value is -3.46. The number of para-hydroxylation sites is 1. The standard InChI is InChI=1S/C31H31ClN2O6/c32-21-13-7-8-14-22(21)33-17-10-16-31-26(25-24(40-31)15-6-1-2-9-18-39-30(25)38)28(36)34(27(31)29(33)37)23(19-35)20-11-4-3-5-12-20/h3-8,10-16,23-27,35H,1-2,9,17-19H2/b15-6-/t23-,24-,25+,26+,27?,31+/m1/s1. The molecule has 4 aliphatic heterocycles. The molecule has 2 aromatic carbocycles. The van der Waals surface area contributed by atoms with E-state index in [1.807, 2.05) is 42.5 Å². The lowest BCUT2D eigenvalue weighted by atomic mass is 9.78. The van der Waals surface area contributed by atoms with Gasteiger partial charge in [0.05, 0.1) is 42.0 Å². The van der Waals surface area contributed by atoms with E-state index in [1.165, 1.54) is 9.80 Å². The molecule has 0 bridgehead atoms. The van der Waals surface area contributed by atoms with Crippen LogP contribution in [0.25, 0.3) is 0 Å². The fourth-order valence-electron chi connectivity index (χ4n) is 6.61. The number of likely N-dealkylation sites (tertiary alicyclic amines) is 1. The monoisotopic (exact) mass is 562 g/mol. The first kappa shape index (κ1) is 26.7. The third-order valence-corrected chi connectivity index (χ3v) is 8.69. The number of aliphatic hydroxyl groups excluding tert-OH is 1. The highest BCUT2D eigenvalue weighted by atomic mass is 35.5. The molecule has 2 saturated heterocycles. The van der Waals surface area contributed by atoms with E-state index < -0.39 is 60.0 Å². The molecule has 4 aliphatic rings. The number of allylic oxidation sites excluding steroid dienone is 1. The maximum Gasteiger partial charge on any atom is 0.312 e. The van der Waals surface area contributed by atoms with Crippen LogP contribution in [0.3, 0.4) is 0 Å². The average molecular weight is 563 g/mol. The number of aliphatic hydroxyl groups is 1. The van der Waals surface area contributed by atoms with E-state index in [0.29, 0.717) is 16.3 Å². The van der Waals surface area contributed by atoms with Crippen LogP contribution in [0, 0.1) is 11.8 Å². The smallest absolute Gasteiger partial charge is 0.312 e. The number of rotatable bonds is 4. The first-order valence-corrected chi connectivity index (χ1v) is 14.1. The molecule has 1 spiro atoms. The number of esters is 1. The first-order chi connectivity index (χ1) is 19.5. The molecule has 1 N–H and O–H groups in total. The second-order valence-electron chi connectivity index (χ2n) is 10.6. The van der Waals surface area contributed by atoms with Crippen LogP contribution in [0.15, 0.2) is 78.9 Å². The average Bonchev–Trinajstić information content (AvgIpc) is 3.35. The van der Waals surface area contributed by atoms with Crippen LogP contribution < -0.4 is 4.90 Å². The fraction of sp³-hybridized carbons (Fsp3) is 0.387. The summed E-state index contributed by atoms with van der Waals surface area (Å²) in [4.78, 5) is 45.6. The van der Waals surface area contributed by atoms with Gasteiger partial charge in [-0.3, -0.25) is 14.4 Å². The number of benzene rings is 2. The molecule has 2 aromatic rings. The van der Waals surface area contributed by atoms with Gasteiger partial charge >= 0.3 is 5.97 Å². The van der Waals surface area contributed by atoms with Crippen molar-refractivity contribution in [2.24, 2.45) is 11.8 Å². The Morgan fingerprint density at radius 2 is 1.77 bits per heavy atom. The predicted octanol–water partition coefficient (Wildman–Crippen LogP) is 3.84. The van der Waals surface area contributed by atoms with Gasteiger partial charge in [-0.05, 0) is 37.0 Å². The topological polar surface area (TPSA) is 96.4 Å². The van der Waals surface area contributed by atoms with Crippen molar-refractivity contribution in [1.82, 2.24) is 4.90 Å². The van der Waals surface area contributed by atoms with Gasteiger partial charge in [-0.1, -0.05) is 78.4 Å². The van der Waals surface area contributed by atoms with E-state index in [2.05, 4.69) is 0 Å². The molecule has 0 aromatic heterocycles. The van der Waals surface area contributed by atoms with E-state index in [4.69, 9.17) is 21.1 Å². The number of nitrogens with zero attached hydrogens (tertiary/aromatic N) is 2. The number of carbonyl (C=O) groups is 3. The number of hydrogen-bond donors (Lipinski definition) is 1. The molecule has 2 amide bonds. The Kier molecular flexibility index (Phi) is 7.25. The summed E-state index contributed by atoms with van der Waals surface area (Å²) in [7, 11) is 0. The molecule has 208 valence electrons. The van der Waals surface area contributed by atoms with Gasteiger partial charge in [0.2, 0.25) is 5.91 Å². The van der Waals surface area contributed by atoms with Crippen molar-refractivity contribution in [3.8, 4) is 0 Å². The highest BCUT2D eigenvalue weighted by Gasteiger charge is 2.72. The lowest BCUT2D eigenvalue weighted by molar-refractivity contribution is -0.155. The van der Waals surface area contributed by atoms with E-state index in [1.54, 1.807) is 36.4 Å². The zero-order valence-electron chi connectivity index (χ0n) is 21.9. The van der Waals surface area contributed by atoms with Crippen LogP contribution >= 0.6 is 11.6 Å². The number of amides is 2. The van der Waals surface area contributed by atoms with Crippen molar-refractivity contribution >= 4 is 35.1 Å². The number of ether oxygens (including phenoxy) is 2. The molecular formula is C31H31ClN2O6. The third kappa shape index (κ3) is 4.26. The number of hydrogen-bond acceptors (Lipinski definition) is 6. The summed E-state index contributed by atoms with van der Waals surface area (Å²) in [5.74, 6) is -3.29. The van der Waals surface area contributed by atoms with Crippen molar-refractivity contribution in [2.45, 2.75) is 43.1 Å². The van der Waals surface area contributed by atoms with Crippen molar-refractivity contribution in [1.29, 1.82) is 0 Å². The summed E-state index contributed by atoms with van der Waals surface area (Å²) >= 11 is 6.53. The van der Waals surface area contributed by atoms with E-state index >= 15 is 0 Å². The zero-order valence-corrected chi connectivity index (χ0v) is 22.7. The van der Waals surface area contributed by atoms with E-state index in [0.717, 1.165) is 19.3 Å². The normalized spacial score (nSPS) is 31.6. The number of anilines is 1. The van der Waals surface area contributed by atoms with Gasteiger partial charge in [0.1, 0.15) is 17.6 Å². The van der Waals surface area contributed by atoms with Gasteiger partial charge in [0, 0.05) is 6.54 Å². The minimum atomic E-state index is -1.45. The van der Waals surface area contributed by atoms with Crippen LogP contribution in [0.1, 0.15) is 30.9 Å². The molecule has 1 unspecified atom stereocenters. The molecule has 0 aliphatic carbocycles. The van der Waals surface area contributed by atoms with Gasteiger partial charge < -0.3 is 24.4 Å². The molecule has 2 fully saturated rings. The van der Waals surface area contributed by atoms with Crippen molar-refractivity contribution < 1.29 is 29.0 Å². The van der Waals surface area contributed by atoms with Crippen LogP contribution in [-0.4, -0.2) is 65.3 Å². The zero-order chi connectivity index (χ0) is 27.9. The summed E-state index contributed by atoms with van der Waals surface area (Å²) in [6, 6.07) is 14.1. The summed E-state index contributed by atoms with van der Waals surface area (Å²) in [6.07, 6.45) is 9.01. The molecule has 4 heterocycles. The maximum absolute atomic E-state index is 14.6. The molecule has 0 saturated carbocycles. The Morgan fingerprint density at radius 3 is 2.55 bits per heavy atom. The van der Waals surface area contributed by atoms with E-state index in [-0.39, 0.29) is 13.2 Å². The molecular weight excluding hydrogens is 532 g/mol. The van der Waals surface area contributed by atoms with Crippen LogP contribution in [0.4, 0.5) is 5.69 Å². The second kappa shape index (κ2) is 10.8. The molecule has 0 radical (unpaired) electrons. The van der Waals surface area contributed by atoms with Gasteiger partial charge in [0.15, 0.2) is 0 Å². The maximum atomic E-state index is 14.6. The minimum Gasteiger partial charge on any atom is -0.465 e. The van der Waals surface area contributed by atoms with Crippen LogP contribution in [0.5, 0.6) is 0 Å². The number of halogens is 1. The minimum absolute atomic E-state index is 0.198. The largest absolute Gasteiger partial charge is 0.465 e. The number of fused-ring (bicyclic) bond motifs is 2. The summed E-state index contributed by atoms with van der Waals surface area (Å²) in [5.41, 5.74) is -0.272. The van der Waals surface area contributed by atoms with Crippen molar-refractivity contribution in [3.63, 3.8) is 0 Å². The quantitative estimate of drug-likeness (QED) is 0.449. The highest BCUT2D eigenvalue weighted by Crippen LogP contribution is 2.55. The molecule has 40 heavy (non-hydrogen) atoms. The third-order valence-electron chi connectivity index (χ3n) is 8.38. The van der Waals surface area contributed by atoms with Gasteiger partial charge in [-0.2, -0.15) is 0 Å². The van der Waals surface area contributed by atoms with E-state index in [9.17, 15) is 19.5 Å². The lowest BCUT2D eigenvalue weighted by Crippen LogP contribution is -2.56. The Balaban J connectivity index is 1.52. The van der Waals surface area contributed by atoms with Crippen molar-refractivity contribution in [3.05, 3.63) is 89.5 Å². The molecule has 6 rings (SSSR count). The second-order valence-corrected chi connectivity index (χ2v) is 11.0. The molecule has 8 nitrogen and oxygen atoms in total. The Bertz CT molecular complexity index is 1360. The number of carbonyl (C=O) groups excluding carboxylic acids is 3. The first-order valence-electron chi connectivity index (χ1n) is 13.7. The van der Waals surface area contributed by atoms with Crippen molar-refractivity contribution in [2.75, 3.05) is 24.7 Å². The van der Waals surface area contributed by atoms with Gasteiger partial charge in [0.25, 0.3) is 5.91 Å². The highest BCUT2D eigenvalue weighted by molar-refractivity contribution is 6.34. The van der Waals surface area contributed by atoms with Crippen LogP contribution in [0.2, 0.25) is 5.02 Å². The van der Waals surface area contributed by atoms with Crippen LogP contribution in [-0.2, 0) is 23.9 Å². The summed E-state index contributed by atoms with van der Waals surface area (Å²) in [5, 5.41) is 11.0. The number of cyclic esters (lactones) is 1. The molecule has 6 atom stereocenters. The fourth-order valence-corrected chi connectivity index (χ4v) is 6.85. The molecule has 9 heteroatoms. The SMILES string of the molecule is O=C1OCCCC/C=C\[C@H]2O[C@]34C=CCN(c5ccccc5Cl)C(=O)C3N([C@H](CO)c3ccccc3)C(=O)[C@@H]4[C@@H]12.